The van der Waals surface area contributed by atoms with Gasteiger partial charge in [0.25, 0.3) is 12.0 Å². The number of aromatic nitrogens is 2. The van der Waals surface area contributed by atoms with E-state index in [4.69, 9.17) is 18.3 Å². The normalized spacial score (nSPS) is 36.4. The van der Waals surface area contributed by atoms with Gasteiger partial charge < -0.3 is 9.84 Å². The van der Waals surface area contributed by atoms with Crippen LogP contribution in [0.1, 0.15) is 20.1 Å². The second-order valence-corrected chi connectivity index (χ2v) is 7.87. The number of hydrogen-bond donors (Lipinski definition) is 2. The van der Waals surface area contributed by atoms with Gasteiger partial charge in [-0.15, -0.1) is 0 Å². The lowest BCUT2D eigenvalue weighted by atomic mass is 9.96. The zero-order chi connectivity index (χ0) is 20.1. The van der Waals surface area contributed by atoms with E-state index in [0.717, 1.165) is 0 Å². The van der Waals surface area contributed by atoms with E-state index >= 15 is 0 Å². The van der Waals surface area contributed by atoms with Crippen LogP contribution in [0.15, 0.2) is 15.8 Å². The van der Waals surface area contributed by atoms with E-state index in [1.54, 1.807) is 4.98 Å². The minimum Gasteiger partial charge on any atom is -0.386 e. The van der Waals surface area contributed by atoms with Gasteiger partial charge in [0.15, 0.2) is 11.8 Å². The van der Waals surface area contributed by atoms with Gasteiger partial charge in [0.05, 0.1) is 18.9 Å². The van der Waals surface area contributed by atoms with Gasteiger partial charge in [0.1, 0.15) is 12.2 Å². The Morgan fingerprint density at radius 3 is 2.70 bits per heavy atom. The van der Waals surface area contributed by atoms with Crippen LogP contribution in [0, 0.1) is 5.82 Å². The zero-order valence-corrected chi connectivity index (χ0v) is 14.9. The predicted molar refractivity (Wildman–Crippen MR) is 80.8 cm³/mol. The SMILES string of the molecule is CC(C)OP1(=O)OC[C@@]2(C(F)F)O[C@@H](n3cc(F)c(=O)[nH]c3=O)[C@@H](O)[C@@H]2O1. The highest BCUT2D eigenvalue weighted by Gasteiger charge is 2.67. The van der Waals surface area contributed by atoms with Gasteiger partial charge in [-0.2, -0.15) is 4.39 Å². The molecule has 1 unspecified atom stereocenters. The molecule has 1 aromatic rings. The number of ether oxygens (including phenoxy) is 1. The highest BCUT2D eigenvalue weighted by Crippen LogP contribution is 2.61. The first-order chi connectivity index (χ1) is 12.5. The largest absolute Gasteiger partial charge is 0.475 e. The topological polar surface area (TPSA) is 129 Å². The standard InChI is InChI=1S/C13H16F3N2O8P/c1-5(2)25-27(22)23-4-13(11(15)16)8(26-27)7(19)10(24-13)18-3-6(14)9(20)17-12(18)21/h3,5,7-8,10-11,19H,4H2,1-2H3,(H,17,20,21)/t7-,8-,10+,13+,27?/m0/s1. The molecule has 0 bridgehead atoms. The minimum absolute atomic E-state index is 0.390. The molecule has 14 heteroatoms. The van der Waals surface area contributed by atoms with Crippen molar-refractivity contribution in [3.63, 3.8) is 0 Å². The Labute approximate surface area is 149 Å². The quantitative estimate of drug-likeness (QED) is 0.680. The molecule has 0 spiro atoms. The highest BCUT2D eigenvalue weighted by molar-refractivity contribution is 7.48. The van der Waals surface area contributed by atoms with E-state index in [1.807, 2.05) is 0 Å². The summed E-state index contributed by atoms with van der Waals surface area (Å²) in [4.78, 5) is 24.6. The number of nitrogens with one attached hydrogen (secondary N) is 1. The summed E-state index contributed by atoms with van der Waals surface area (Å²) >= 11 is 0. The van der Waals surface area contributed by atoms with E-state index in [1.165, 1.54) is 13.8 Å². The summed E-state index contributed by atoms with van der Waals surface area (Å²) in [6.45, 7) is 2.01. The summed E-state index contributed by atoms with van der Waals surface area (Å²) < 4.78 is 73.8. The van der Waals surface area contributed by atoms with Crippen molar-refractivity contribution in [2.75, 3.05) is 6.61 Å². The molecule has 3 heterocycles. The van der Waals surface area contributed by atoms with Gasteiger partial charge in [-0.05, 0) is 13.8 Å². The lowest BCUT2D eigenvalue weighted by Crippen LogP contribution is -2.56. The van der Waals surface area contributed by atoms with Crippen LogP contribution in [0.2, 0.25) is 0 Å². The maximum absolute atomic E-state index is 13.7. The van der Waals surface area contributed by atoms with E-state index in [9.17, 15) is 32.4 Å². The Morgan fingerprint density at radius 2 is 2.11 bits per heavy atom. The van der Waals surface area contributed by atoms with Crippen molar-refractivity contribution in [2.45, 2.75) is 50.4 Å². The molecule has 0 aliphatic carbocycles. The number of nitrogens with zero attached hydrogens (tertiary/aromatic N) is 1. The number of aromatic amines is 1. The van der Waals surface area contributed by atoms with Crippen LogP contribution in [0.25, 0.3) is 0 Å². The Balaban J connectivity index is 2.01. The average molecular weight is 416 g/mol. The number of phosphoric acid groups is 1. The third kappa shape index (κ3) is 3.39. The van der Waals surface area contributed by atoms with Crippen LogP contribution >= 0.6 is 7.82 Å². The Kier molecular flexibility index (Phi) is 5.12. The van der Waals surface area contributed by atoms with Crippen LogP contribution in [0.5, 0.6) is 0 Å². The van der Waals surface area contributed by atoms with Crippen LogP contribution in [-0.4, -0.2) is 51.6 Å². The fourth-order valence-electron chi connectivity index (χ4n) is 2.84. The van der Waals surface area contributed by atoms with E-state index in [0.29, 0.717) is 10.8 Å². The summed E-state index contributed by atoms with van der Waals surface area (Å²) in [7, 11) is -4.30. The monoisotopic (exact) mass is 416 g/mol. The highest BCUT2D eigenvalue weighted by atomic mass is 31.2. The molecule has 0 saturated carbocycles. The number of phosphoric ester groups is 1. The molecule has 10 nitrogen and oxygen atoms in total. The van der Waals surface area contributed by atoms with Crippen molar-refractivity contribution in [1.29, 1.82) is 0 Å². The Morgan fingerprint density at radius 1 is 1.44 bits per heavy atom. The van der Waals surface area contributed by atoms with Crippen LogP contribution in [0.4, 0.5) is 13.2 Å². The second-order valence-electron chi connectivity index (χ2n) is 6.30. The molecule has 2 aliphatic heterocycles. The molecule has 2 fully saturated rings. The van der Waals surface area contributed by atoms with Gasteiger partial charge in [0.2, 0.25) is 5.82 Å². The molecule has 0 radical (unpaired) electrons. The number of aliphatic hydroxyl groups excluding tert-OH is 1. The summed E-state index contributed by atoms with van der Waals surface area (Å²) in [5.41, 5.74) is -5.14. The third-order valence-corrected chi connectivity index (χ3v) is 5.63. The fraction of sp³-hybridized carbons (Fsp3) is 0.692. The molecule has 2 saturated heterocycles. The Bertz CT molecular complexity index is 889. The predicted octanol–water partition coefficient (Wildman–Crippen LogP) is 0.518. The molecule has 27 heavy (non-hydrogen) atoms. The number of H-pyrrole nitrogens is 1. The summed E-state index contributed by atoms with van der Waals surface area (Å²) in [5.74, 6) is -1.41. The number of rotatable bonds is 4. The fourth-order valence-corrected chi connectivity index (χ4v) is 4.47. The average Bonchev–Trinajstić information content (AvgIpc) is 2.84. The minimum atomic E-state index is -4.30. The summed E-state index contributed by atoms with van der Waals surface area (Å²) in [6, 6.07) is 0. The van der Waals surface area contributed by atoms with Gasteiger partial charge in [-0.3, -0.25) is 27.9 Å². The molecule has 3 rings (SSSR count). The van der Waals surface area contributed by atoms with Crippen LogP contribution in [0.3, 0.4) is 0 Å². The van der Waals surface area contributed by atoms with Gasteiger partial charge in [-0.1, -0.05) is 0 Å². The molecule has 2 N–H and O–H groups in total. The van der Waals surface area contributed by atoms with Crippen LogP contribution < -0.4 is 11.2 Å². The number of alkyl halides is 2. The first kappa shape index (κ1) is 20.2. The van der Waals surface area contributed by atoms with Crippen molar-refractivity contribution in [3.05, 3.63) is 32.9 Å². The number of hydrogen-bond acceptors (Lipinski definition) is 8. The zero-order valence-electron chi connectivity index (χ0n) is 14.0. The van der Waals surface area contributed by atoms with E-state index in [-0.39, 0.29) is 0 Å². The molecular weight excluding hydrogens is 400 g/mol. The lowest BCUT2D eigenvalue weighted by molar-refractivity contribution is -0.208. The van der Waals surface area contributed by atoms with Gasteiger partial charge in [-0.25, -0.2) is 18.1 Å². The van der Waals surface area contributed by atoms with E-state index in [2.05, 4.69) is 0 Å². The van der Waals surface area contributed by atoms with Gasteiger partial charge >= 0.3 is 13.5 Å². The Hall–Kier alpha value is -1.50. The molecule has 2 aliphatic rings. The number of fused-ring (bicyclic) bond motifs is 1. The molecule has 152 valence electrons. The van der Waals surface area contributed by atoms with Crippen LogP contribution in [-0.2, 0) is 22.9 Å². The molecule has 0 amide bonds. The maximum Gasteiger partial charge on any atom is 0.475 e. The van der Waals surface area contributed by atoms with Crippen molar-refractivity contribution >= 4 is 7.82 Å². The third-order valence-electron chi connectivity index (χ3n) is 4.02. The number of aliphatic hydroxyl groups is 1. The van der Waals surface area contributed by atoms with Crippen molar-refractivity contribution in [3.8, 4) is 0 Å². The molecule has 5 atom stereocenters. The molecule has 1 aromatic heterocycles. The first-order valence-electron chi connectivity index (χ1n) is 7.75. The van der Waals surface area contributed by atoms with Crippen molar-refractivity contribution < 1.29 is 41.2 Å². The smallest absolute Gasteiger partial charge is 0.386 e. The summed E-state index contributed by atoms with van der Waals surface area (Å²) in [5, 5.41) is 10.4. The van der Waals surface area contributed by atoms with Gasteiger partial charge in [0, 0.05) is 0 Å². The lowest BCUT2D eigenvalue weighted by Gasteiger charge is -2.39. The molecular formula is C13H16F3N2O8P. The number of halogens is 3. The van der Waals surface area contributed by atoms with Crippen molar-refractivity contribution in [1.82, 2.24) is 9.55 Å². The second kappa shape index (κ2) is 6.83. The maximum atomic E-state index is 13.7. The van der Waals surface area contributed by atoms with E-state index < -0.39 is 68.1 Å². The summed E-state index contributed by atoms with van der Waals surface area (Å²) in [6.07, 6.45) is -9.30. The first-order valence-corrected chi connectivity index (χ1v) is 9.21. The molecule has 0 aromatic carbocycles. The van der Waals surface area contributed by atoms with Crippen molar-refractivity contribution in [2.24, 2.45) is 0 Å².